The van der Waals surface area contributed by atoms with E-state index in [0.717, 1.165) is 5.56 Å². The lowest BCUT2D eigenvalue weighted by Crippen LogP contribution is -2.61. The molecule has 16 N–H and O–H groups in total. The molecule has 0 spiro atoms. The zero-order valence-electron chi connectivity index (χ0n) is 66.7. The van der Waals surface area contributed by atoms with Gasteiger partial charge in [-0.15, -0.1) is 0 Å². The number of primary amides is 2. The van der Waals surface area contributed by atoms with Crippen LogP contribution in [0, 0.1) is 0 Å². The van der Waals surface area contributed by atoms with Crippen LogP contribution in [0.1, 0.15) is 138 Å². The van der Waals surface area contributed by atoms with Crippen molar-refractivity contribution in [3.63, 3.8) is 0 Å². The first-order chi connectivity index (χ1) is 56.8. The Balaban J connectivity index is 0.991. The van der Waals surface area contributed by atoms with Crippen molar-refractivity contribution in [2.75, 3.05) is 58.4 Å². The zero-order valence-corrected chi connectivity index (χ0v) is 67.5. The minimum atomic E-state index is -1.69. The van der Waals surface area contributed by atoms with Gasteiger partial charge in [-0.25, -0.2) is 14.4 Å². The molecule has 0 aromatic heterocycles. The summed E-state index contributed by atoms with van der Waals surface area (Å²) in [5, 5.41) is 21.8. The van der Waals surface area contributed by atoms with E-state index in [2.05, 4.69) is 47.5 Å². The number of thioether (sulfide) groups is 1. The van der Waals surface area contributed by atoms with E-state index < -0.39 is 181 Å². The Morgan fingerprint density at radius 2 is 0.814 bits per heavy atom. The van der Waals surface area contributed by atoms with Gasteiger partial charge in [-0.2, -0.15) is 11.8 Å². The number of esters is 1. The van der Waals surface area contributed by atoms with Gasteiger partial charge in [-0.05, 0) is 137 Å². The molecule has 14 amide bonds. The molecule has 8 rings (SSSR count). The normalized spacial score (nSPS) is 17.9. The smallest absolute Gasteiger partial charge is 0.408 e. The summed E-state index contributed by atoms with van der Waals surface area (Å²) in [5.74, 6) is -9.60. The molecule has 4 aliphatic heterocycles. The summed E-state index contributed by atoms with van der Waals surface area (Å²) in [6, 6.07) is 20.9. The molecule has 638 valence electrons. The second-order valence-corrected chi connectivity index (χ2v) is 30.5. The number of aliphatic imine (C=N–C) groups is 1. The number of guanidine groups is 1. The summed E-state index contributed by atoms with van der Waals surface area (Å²) < 4.78 is 15.8. The van der Waals surface area contributed by atoms with E-state index in [1.54, 1.807) is 115 Å². The fraction of sp³-hybridized carbons (Fsp3) is 0.512. The summed E-state index contributed by atoms with van der Waals surface area (Å²) in [6.07, 6.45) is 1.25. The lowest BCUT2D eigenvalue weighted by Gasteiger charge is -2.33. The minimum Gasteiger partial charge on any atom is -0.467 e. The summed E-state index contributed by atoms with van der Waals surface area (Å²) in [4.78, 5) is 222. The Hall–Kier alpha value is -11.9. The number of likely N-dealkylation sites (tertiary alicyclic amines) is 4. The van der Waals surface area contributed by atoms with Crippen LogP contribution in [0.15, 0.2) is 126 Å². The number of nitrogens with zero attached hydrogens (tertiary/aromatic N) is 5. The van der Waals surface area contributed by atoms with Crippen molar-refractivity contribution >= 4 is 107 Å². The average molecular weight is 1650 g/mol. The second kappa shape index (κ2) is 47.4. The summed E-state index contributed by atoms with van der Waals surface area (Å²) in [6.45, 7) is 0.476. The number of nitrogens with one attached hydrogen (secondary N) is 8. The highest BCUT2D eigenvalue weighted by Crippen LogP contribution is 2.29. The number of rotatable bonds is 44. The highest BCUT2D eigenvalue weighted by molar-refractivity contribution is 7.98. The number of carbonyl (C=O) groups excluding carboxylic acids is 15. The van der Waals surface area contributed by atoms with Gasteiger partial charge in [0.15, 0.2) is 5.96 Å². The number of benzene rings is 4. The molecular weight excluding hydrogens is 1540 g/mol. The highest BCUT2D eigenvalue weighted by atomic mass is 32.2. The fourth-order valence-electron chi connectivity index (χ4n) is 14.8. The van der Waals surface area contributed by atoms with Crippen molar-refractivity contribution in [1.29, 1.82) is 0 Å². The number of ether oxygens (including phenoxy) is 3. The van der Waals surface area contributed by atoms with Gasteiger partial charge < -0.3 is 99.3 Å². The molecule has 4 saturated heterocycles. The van der Waals surface area contributed by atoms with Crippen molar-refractivity contribution in [3.05, 3.63) is 144 Å². The van der Waals surface area contributed by atoms with Gasteiger partial charge in [0.05, 0.1) is 7.11 Å². The first-order valence-electron chi connectivity index (χ1n) is 40.0. The van der Waals surface area contributed by atoms with Crippen LogP contribution < -0.4 is 65.5 Å². The molecule has 0 unspecified atom stereocenters. The molecule has 35 nitrogen and oxygen atoms in total. The third-order valence-electron chi connectivity index (χ3n) is 21.0. The maximum absolute atomic E-state index is 15.2. The molecule has 4 aliphatic rings. The first kappa shape index (κ1) is 91.7. The molecule has 118 heavy (non-hydrogen) atoms. The fourth-order valence-corrected chi connectivity index (χ4v) is 15.3. The van der Waals surface area contributed by atoms with Crippen molar-refractivity contribution in [1.82, 2.24) is 62.1 Å². The molecule has 11 atom stereocenters. The van der Waals surface area contributed by atoms with Gasteiger partial charge in [-0.3, -0.25) is 62.5 Å². The standard InChI is InChI=1S/C82H111N17O18S/c1-115-79(112)60(40-47-118-2)92-74(107)65-34-20-45-98(65)78(111)66-35-21-46-99(66)77(110)62(49-53-24-9-4-10-25-53)94-71(104)61(48-52-22-7-3-8-23-52)93-70(103)56(36-38-67(83)100)89-69(102)57(37-39-68(84)101)90-72(105)63-32-18-43-96(63)75(108)58(30-15-16-41-88-81(113)116-50-54-26-11-5-12-27-54)91-73(106)64-33-19-44-97(64)76(109)59(31-17-42-87-80(85)86)95-82(114)117-51-55-28-13-6-14-29-55/h3-14,22-29,56-66H,15-21,30-51H2,1-2H3,(H2,83,100)(H2,84,101)(H,88,113)(H,89,102)(H,90,105)(H,91,106)(H,92,107)(H,93,103)(H,94,104)(H,95,114)(H4,85,86,87)/t56-,57-,58-,59-,60-,61-,62-,63-,64-,65-,66+/m0/s1. The van der Waals surface area contributed by atoms with Gasteiger partial charge in [0.1, 0.15) is 79.7 Å². The van der Waals surface area contributed by atoms with Crippen LogP contribution in [0.4, 0.5) is 9.59 Å². The molecule has 0 radical (unpaired) electrons. The van der Waals surface area contributed by atoms with E-state index in [0.29, 0.717) is 48.1 Å². The number of alkyl carbamates (subject to hydrolysis) is 2. The summed E-state index contributed by atoms with van der Waals surface area (Å²) >= 11 is 1.48. The molecule has 36 heteroatoms. The van der Waals surface area contributed by atoms with E-state index in [4.69, 9.17) is 37.1 Å². The number of methoxy groups -OCH3 is 1. The number of nitrogens with two attached hydrogens (primary N) is 4. The monoisotopic (exact) mass is 1650 g/mol. The van der Waals surface area contributed by atoms with Crippen molar-refractivity contribution in [2.45, 2.75) is 208 Å². The number of hydrogen-bond acceptors (Lipinski definition) is 20. The van der Waals surface area contributed by atoms with Crippen LogP contribution in [0.5, 0.6) is 0 Å². The van der Waals surface area contributed by atoms with Gasteiger partial charge in [0, 0.05) is 65.0 Å². The maximum Gasteiger partial charge on any atom is 0.408 e. The van der Waals surface area contributed by atoms with Crippen LogP contribution >= 0.6 is 11.8 Å². The molecule has 4 aromatic rings. The molecule has 0 aliphatic carbocycles. The SMILES string of the molecule is COC(=O)[C@H](CCSC)NC(=O)[C@@H]1CCCN1C(=O)[C@H]1CCCN1C(=O)[C@H](Cc1ccccc1)NC(=O)[C@H](Cc1ccccc1)NC(=O)[C@H](CCC(N)=O)NC(=O)[C@H](CCC(N)=O)NC(=O)[C@@H]1CCCN1C(=O)[C@H](CCCCNC(=O)OCc1ccccc1)NC(=O)[C@@H]1CCCN1C(=O)[C@H](CCCN=C(N)N)NC(=O)OCc1ccccc1. The van der Waals surface area contributed by atoms with Crippen molar-refractivity contribution < 1.29 is 86.1 Å². The van der Waals surface area contributed by atoms with Crippen molar-refractivity contribution in [2.24, 2.45) is 27.9 Å². The highest BCUT2D eigenvalue weighted by Gasteiger charge is 2.47. The van der Waals surface area contributed by atoms with Crippen LogP contribution in [0.25, 0.3) is 0 Å². The van der Waals surface area contributed by atoms with E-state index in [-0.39, 0.29) is 135 Å². The van der Waals surface area contributed by atoms with E-state index in [1.807, 2.05) is 12.3 Å². The number of unbranched alkanes of at least 4 members (excludes halogenated alkanes) is 1. The maximum atomic E-state index is 15.2. The third-order valence-corrected chi connectivity index (χ3v) is 21.6. The number of carbonyl (C=O) groups is 15. The minimum absolute atomic E-state index is 0.00486. The molecular formula is C82H111N17O18S. The Labute approximate surface area is 689 Å². The lowest BCUT2D eigenvalue weighted by molar-refractivity contribution is -0.149. The predicted octanol–water partition coefficient (Wildman–Crippen LogP) is 1.25. The molecule has 4 heterocycles. The first-order valence-corrected chi connectivity index (χ1v) is 41.4. The quantitative estimate of drug-likeness (QED) is 0.00974. The Morgan fingerprint density at radius 3 is 1.31 bits per heavy atom. The molecule has 4 fully saturated rings. The molecule has 0 bridgehead atoms. The van der Waals surface area contributed by atoms with Crippen molar-refractivity contribution in [3.8, 4) is 0 Å². The molecule has 4 aromatic carbocycles. The predicted molar refractivity (Wildman–Crippen MR) is 435 cm³/mol. The lowest BCUT2D eigenvalue weighted by atomic mass is 10.0. The van der Waals surface area contributed by atoms with E-state index in [9.17, 15) is 57.5 Å². The summed E-state index contributed by atoms with van der Waals surface area (Å²) in [5.41, 5.74) is 25.0. The second-order valence-electron chi connectivity index (χ2n) is 29.5. The average Bonchev–Trinajstić information content (AvgIpc) is 1.64. The van der Waals surface area contributed by atoms with E-state index >= 15 is 14.4 Å². The van der Waals surface area contributed by atoms with Gasteiger partial charge >= 0.3 is 18.2 Å². The van der Waals surface area contributed by atoms with Gasteiger partial charge in [0.2, 0.25) is 70.9 Å². The largest absolute Gasteiger partial charge is 0.467 e. The van der Waals surface area contributed by atoms with Gasteiger partial charge in [0.25, 0.3) is 0 Å². The van der Waals surface area contributed by atoms with Crippen LogP contribution in [-0.2, 0) is 103 Å². The Morgan fingerprint density at radius 1 is 0.424 bits per heavy atom. The Bertz CT molecular complexity index is 4110. The third kappa shape index (κ3) is 28.5. The Kier molecular flexibility index (Phi) is 36.8. The van der Waals surface area contributed by atoms with Crippen LogP contribution in [0.2, 0.25) is 0 Å². The topological polar surface area (TPSA) is 509 Å². The zero-order chi connectivity index (χ0) is 85.0. The van der Waals surface area contributed by atoms with Crippen LogP contribution in [0.3, 0.4) is 0 Å². The summed E-state index contributed by atoms with van der Waals surface area (Å²) in [7, 11) is 1.22. The van der Waals surface area contributed by atoms with E-state index in [1.165, 1.54) is 38.5 Å². The number of amides is 14. The van der Waals surface area contributed by atoms with Gasteiger partial charge in [-0.1, -0.05) is 121 Å². The number of hydrogen-bond donors (Lipinski definition) is 12. The van der Waals surface area contributed by atoms with Crippen LogP contribution in [-0.4, -0.2) is 239 Å². The molecule has 0 saturated carbocycles.